The first-order chi connectivity index (χ1) is 7.72. The zero-order chi connectivity index (χ0) is 11.5. The van der Waals surface area contributed by atoms with Crippen LogP contribution in [0.1, 0.15) is 55.7 Å². The van der Waals surface area contributed by atoms with Crippen molar-refractivity contribution in [2.24, 2.45) is 0 Å². The lowest BCUT2D eigenvalue weighted by atomic mass is 9.92. The number of aryl methyl sites for hydroxylation is 2. The molecule has 0 unspecified atom stereocenters. The van der Waals surface area contributed by atoms with Crippen molar-refractivity contribution in [1.82, 2.24) is 0 Å². The molecule has 0 amide bonds. The van der Waals surface area contributed by atoms with Gasteiger partial charge >= 0.3 is 0 Å². The summed E-state index contributed by atoms with van der Waals surface area (Å²) in [7, 11) is 0. The maximum atomic E-state index is 2.36. The van der Waals surface area contributed by atoms with E-state index in [1.54, 1.807) is 11.1 Å². The second-order valence-electron chi connectivity index (χ2n) is 4.96. The van der Waals surface area contributed by atoms with Gasteiger partial charge in [0.15, 0.2) is 0 Å². The Morgan fingerprint density at radius 2 is 1.81 bits per heavy atom. The van der Waals surface area contributed by atoms with Crippen molar-refractivity contribution in [3.63, 3.8) is 0 Å². The van der Waals surface area contributed by atoms with Gasteiger partial charge in [-0.2, -0.15) is 0 Å². The topological polar surface area (TPSA) is 0 Å². The lowest BCUT2D eigenvalue weighted by Gasteiger charge is -2.13. The summed E-state index contributed by atoms with van der Waals surface area (Å²) < 4.78 is 0. The Bertz CT molecular complexity index is 402. The van der Waals surface area contributed by atoms with Crippen molar-refractivity contribution in [2.45, 2.75) is 52.9 Å². The predicted molar refractivity (Wildman–Crippen MR) is 71.6 cm³/mol. The summed E-state index contributed by atoms with van der Waals surface area (Å²) in [6.45, 7) is 6.72. The number of allylic oxidation sites excluding steroid dienone is 2. The molecule has 86 valence electrons. The van der Waals surface area contributed by atoms with E-state index in [2.05, 4.69) is 39.0 Å². The van der Waals surface area contributed by atoms with E-state index in [1.807, 2.05) is 0 Å². The van der Waals surface area contributed by atoms with Crippen LogP contribution >= 0.6 is 0 Å². The van der Waals surface area contributed by atoms with E-state index in [4.69, 9.17) is 0 Å². The molecule has 0 heteroatoms. The van der Waals surface area contributed by atoms with Crippen LogP contribution in [0, 0.1) is 13.8 Å². The van der Waals surface area contributed by atoms with Gasteiger partial charge in [-0.1, -0.05) is 36.3 Å². The number of benzene rings is 1. The largest absolute Gasteiger partial charge is 0.0664 e. The van der Waals surface area contributed by atoms with Gasteiger partial charge in [-0.15, -0.1) is 0 Å². The van der Waals surface area contributed by atoms with Crippen LogP contribution < -0.4 is 0 Å². The Kier molecular flexibility index (Phi) is 3.48. The van der Waals surface area contributed by atoms with Crippen molar-refractivity contribution in [3.8, 4) is 0 Å². The monoisotopic (exact) mass is 214 g/mol. The number of hydrogen-bond donors (Lipinski definition) is 0. The standard InChI is InChI=1S/C16H22/c1-4-15(14-7-5-6-8-14)16-11-12(2)9-10-13(16)3/h9-11H,4-8H2,1-3H3. The van der Waals surface area contributed by atoms with Gasteiger partial charge < -0.3 is 0 Å². The molecule has 1 saturated carbocycles. The Labute approximate surface area is 99.4 Å². The van der Waals surface area contributed by atoms with Crippen LogP contribution in [0.4, 0.5) is 0 Å². The maximum absolute atomic E-state index is 2.36. The lowest BCUT2D eigenvalue weighted by molar-refractivity contribution is 0.886. The van der Waals surface area contributed by atoms with Crippen LogP contribution in [-0.4, -0.2) is 0 Å². The molecule has 0 bridgehead atoms. The molecular formula is C16H22. The van der Waals surface area contributed by atoms with Crippen LogP contribution in [0.25, 0.3) is 5.57 Å². The zero-order valence-electron chi connectivity index (χ0n) is 10.8. The van der Waals surface area contributed by atoms with E-state index in [-0.39, 0.29) is 0 Å². The number of hydrogen-bond acceptors (Lipinski definition) is 0. The first-order valence-electron chi connectivity index (χ1n) is 6.51. The molecule has 2 rings (SSSR count). The Balaban J connectivity index is 2.47. The average Bonchev–Trinajstić information content (AvgIpc) is 2.78. The highest BCUT2D eigenvalue weighted by Crippen LogP contribution is 2.34. The summed E-state index contributed by atoms with van der Waals surface area (Å²) in [6, 6.07) is 6.83. The Morgan fingerprint density at radius 1 is 1.12 bits per heavy atom. The van der Waals surface area contributed by atoms with Gasteiger partial charge in [0.25, 0.3) is 0 Å². The molecule has 0 N–H and O–H groups in total. The van der Waals surface area contributed by atoms with Crippen molar-refractivity contribution in [1.29, 1.82) is 0 Å². The van der Waals surface area contributed by atoms with E-state index < -0.39 is 0 Å². The molecule has 1 aliphatic rings. The minimum absolute atomic E-state index is 1.18. The van der Waals surface area contributed by atoms with Crippen LogP contribution in [0.2, 0.25) is 0 Å². The average molecular weight is 214 g/mol. The number of rotatable bonds is 2. The zero-order valence-corrected chi connectivity index (χ0v) is 10.8. The molecule has 0 radical (unpaired) electrons. The minimum atomic E-state index is 1.18. The van der Waals surface area contributed by atoms with Crippen LogP contribution in [0.5, 0.6) is 0 Å². The van der Waals surface area contributed by atoms with Crippen LogP contribution in [0.3, 0.4) is 0 Å². The van der Waals surface area contributed by atoms with Gasteiger partial charge in [0.1, 0.15) is 0 Å². The second kappa shape index (κ2) is 4.86. The van der Waals surface area contributed by atoms with Gasteiger partial charge in [0.2, 0.25) is 0 Å². The molecule has 0 aliphatic heterocycles. The molecule has 0 spiro atoms. The van der Waals surface area contributed by atoms with Crippen molar-refractivity contribution < 1.29 is 0 Å². The van der Waals surface area contributed by atoms with E-state index in [0.717, 1.165) is 0 Å². The molecule has 0 atom stereocenters. The molecule has 0 aromatic heterocycles. The highest BCUT2D eigenvalue weighted by atomic mass is 14.2. The molecule has 1 aromatic rings. The third-order valence-electron chi connectivity index (χ3n) is 3.71. The van der Waals surface area contributed by atoms with E-state index in [0.29, 0.717) is 0 Å². The summed E-state index contributed by atoms with van der Waals surface area (Å²) in [4.78, 5) is 0. The van der Waals surface area contributed by atoms with Crippen molar-refractivity contribution in [2.75, 3.05) is 0 Å². The highest BCUT2D eigenvalue weighted by molar-refractivity contribution is 5.71. The summed E-state index contributed by atoms with van der Waals surface area (Å²) in [5.41, 5.74) is 7.65. The van der Waals surface area contributed by atoms with Crippen molar-refractivity contribution in [3.05, 3.63) is 40.5 Å². The summed E-state index contributed by atoms with van der Waals surface area (Å²) in [6.07, 6.45) is 6.63. The first-order valence-corrected chi connectivity index (χ1v) is 6.51. The lowest BCUT2D eigenvalue weighted by Crippen LogP contribution is -1.93. The Morgan fingerprint density at radius 3 is 2.44 bits per heavy atom. The van der Waals surface area contributed by atoms with Gasteiger partial charge in [-0.25, -0.2) is 0 Å². The summed E-state index contributed by atoms with van der Waals surface area (Å²) in [5.74, 6) is 0. The fourth-order valence-electron chi connectivity index (χ4n) is 2.80. The van der Waals surface area contributed by atoms with E-state index >= 15 is 0 Å². The Hall–Kier alpha value is -1.04. The SMILES string of the molecule is CCC(=C1CCCC1)c1cc(C)ccc1C. The van der Waals surface area contributed by atoms with Gasteiger partial charge in [-0.3, -0.25) is 0 Å². The third-order valence-corrected chi connectivity index (χ3v) is 3.71. The predicted octanol–water partition coefficient (Wildman–Crippen LogP) is 5.04. The van der Waals surface area contributed by atoms with E-state index in [1.165, 1.54) is 48.8 Å². The molecule has 0 nitrogen and oxygen atoms in total. The third kappa shape index (κ3) is 2.21. The second-order valence-corrected chi connectivity index (χ2v) is 4.96. The van der Waals surface area contributed by atoms with Crippen LogP contribution in [-0.2, 0) is 0 Å². The normalized spacial score (nSPS) is 15.6. The maximum Gasteiger partial charge on any atom is -0.0193 e. The molecular weight excluding hydrogens is 192 g/mol. The molecule has 0 heterocycles. The molecule has 1 fully saturated rings. The smallest absolute Gasteiger partial charge is 0.0193 e. The fraction of sp³-hybridized carbons (Fsp3) is 0.500. The molecule has 1 aliphatic carbocycles. The highest BCUT2D eigenvalue weighted by Gasteiger charge is 2.14. The molecule has 1 aromatic carbocycles. The molecule has 16 heavy (non-hydrogen) atoms. The summed E-state index contributed by atoms with van der Waals surface area (Å²) >= 11 is 0. The quantitative estimate of drug-likeness (QED) is 0.647. The fourth-order valence-corrected chi connectivity index (χ4v) is 2.80. The minimum Gasteiger partial charge on any atom is -0.0664 e. The van der Waals surface area contributed by atoms with Gasteiger partial charge in [0, 0.05) is 0 Å². The van der Waals surface area contributed by atoms with Gasteiger partial charge in [-0.05, 0) is 62.7 Å². The first kappa shape index (κ1) is 11.4. The van der Waals surface area contributed by atoms with Crippen molar-refractivity contribution >= 4 is 5.57 Å². The summed E-state index contributed by atoms with van der Waals surface area (Å²) in [5, 5.41) is 0. The molecule has 0 saturated heterocycles. The van der Waals surface area contributed by atoms with E-state index in [9.17, 15) is 0 Å². The van der Waals surface area contributed by atoms with Gasteiger partial charge in [0.05, 0.1) is 0 Å². The van der Waals surface area contributed by atoms with Crippen LogP contribution in [0.15, 0.2) is 23.8 Å².